The summed E-state index contributed by atoms with van der Waals surface area (Å²) in [5, 5.41) is -10.3. The third kappa shape index (κ3) is 8.89. The summed E-state index contributed by atoms with van der Waals surface area (Å²) >= 11 is 1.29. The Kier molecular flexibility index (Phi) is 5.58. The lowest BCUT2D eigenvalue weighted by Gasteiger charge is -2.19. The Bertz CT molecular complexity index is 10200. The maximum Gasteiger partial charge on any atom is 0.0638 e. The molecule has 0 atom stereocenters. The zero-order chi connectivity index (χ0) is 113. The molecule has 19 aromatic carbocycles. The Labute approximate surface area is 653 Å². The molecule has 2 heteroatoms. The highest BCUT2D eigenvalue weighted by Gasteiger charge is 2.24. The van der Waals surface area contributed by atoms with E-state index < -0.39 is 470 Å². The average Bonchev–Trinajstić information content (AvgIpc) is 1.62. The number of hydrogen-bond acceptors (Lipinski definition) is 2. The van der Waals surface area contributed by atoms with Crippen molar-refractivity contribution in [3.63, 3.8) is 0 Å². The minimum Gasteiger partial charge on any atom is -0.134 e. The van der Waals surface area contributed by atoms with Gasteiger partial charge in [-0.1, -0.05) is 326 Å². The van der Waals surface area contributed by atoms with Crippen molar-refractivity contribution in [2.75, 3.05) is 0 Å². The smallest absolute Gasteiger partial charge is 0.0638 e. The van der Waals surface area contributed by atoms with Gasteiger partial charge >= 0.3 is 0 Å². The largest absolute Gasteiger partial charge is 0.134 e. The highest BCUT2D eigenvalue weighted by molar-refractivity contribution is 7.27. The molecule has 454 valence electrons. The summed E-state index contributed by atoms with van der Waals surface area (Å²) in [6.07, 6.45) is 0. The Morgan fingerprint density at radius 1 is 0.184 bits per heavy atom. The molecule has 0 saturated carbocycles. The van der Waals surface area contributed by atoms with Crippen molar-refractivity contribution >= 4 is 160 Å². The van der Waals surface area contributed by atoms with Crippen molar-refractivity contribution in [2.24, 2.45) is 0 Å². The van der Waals surface area contributed by atoms with Gasteiger partial charge < -0.3 is 0 Å². The van der Waals surface area contributed by atoms with Gasteiger partial charge in [-0.05, 0) is 177 Å². The van der Waals surface area contributed by atoms with E-state index in [4.69, 9.17) is 48.0 Å². The fraction of sp³-hybridized carbons (Fsp3) is 0. The summed E-state index contributed by atoms with van der Waals surface area (Å²) < 4.78 is 507. The van der Waals surface area contributed by atoms with Crippen LogP contribution in [0.3, 0.4) is 0 Å². The van der Waals surface area contributed by atoms with Gasteiger partial charge in [0, 0.05) is 51.5 Å². The van der Waals surface area contributed by atoms with Crippen LogP contribution in [0.4, 0.5) is 0 Å². The molecule has 0 spiro atoms. The lowest BCUT2D eigenvalue weighted by molar-refractivity contribution is 1.63. The van der Waals surface area contributed by atoms with Gasteiger partial charge in [0.1, 0.15) is 0 Å². The molecule has 0 aliphatic heterocycles. The first-order valence-corrected chi connectivity index (χ1v) is 30.9. The van der Waals surface area contributed by atoms with E-state index in [1.807, 2.05) is 0 Å². The molecule has 0 aliphatic rings. The number of thiophene rings is 2. The van der Waals surface area contributed by atoms with Crippen LogP contribution in [0.5, 0.6) is 0 Å². The highest BCUT2D eigenvalue weighted by Crippen LogP contribution is 2.53. The lowest BCUT2D eigenvalue weighted by Crippen LogP contribution is -1.91. The first kappa shape index (κ1) is 23.9. The third-order valence-corrected chi connectivity index (χ3v) is 18.8. The van der Waals surface area contributed by atoms with Crippen LogP contribution in [0, 0.1) is 0 Å². The number of fused-ring (bicyclic) bond motifs is 19. The molecule has 0 nitrogen and oxygen atoms in total. The third-order valence-electron chi connectivity index (χ3n) is 16.5. The second-order valence-electron chi connectivity index (χ2n) is 21.6. The molecule has 0 fully saturated rings. The van der Waals surface area contributed by atoms with Crippen molar-refractivity contribution < 1.29 is 76.8 Å². The molecule has 0 radical (unpaired) electrons. The number of benzene rings is 19. The maximum atomic E-state index is 10.1. The van der Waals surface area contributed by atoms with Gasteiger partial charge in [0.05, 0.1) is 76.8 Å². The normalized spacial score (nSPS) is 19.9. The van der Waals surface area contributed by atoms with Gasteiger partial charge in [-0.15, -0.1) is 22.7 Å². The van der Waals surface area contributed by atoms with E-state index in [9.17, 15) is 28.8 Å². The topological polar surface area (TPSA) is 0 Å². The summed E-state index contributed by atoms with van der Waals surface area (Å²) in [5.41, 5.74) is -8.41. The highest BCUT2D eigenvalue weighted by atomic mass is 32.1. The van der Waals surface area contributed by atoms with E-state index in [1.54, 1.807) is 0 Å². The van der Waals surface area contributed by atoms with Gasteiger partial charge in [0.15, 0.2) is 0 Å². The van der Waals surface area contributed by atoms with E-state index in [0.717, 1.165) is 12.1 Å². The SMILES string of the molecule is [2H]c1cc([2H])c2c(c1[2H])c([2H])c([2H])c1sc3c(-c4c([2H])c([2H])c(-c5c6c([2H])c([2H])c([2H])c([2H])c6c(-c6c([2H])c([2H])c([2H])c([2H])c6[2H])c6c([2H])c([2H])c([2H])c([2H])c56)c([2H])c4[2H])c([2H])c4c([2H])c([2H])c([2H])c([2H])c4c3c12.[2H]c1cc([2H])c2c(c1[2H])c([2H])c([2H])c1sc3c(-c4c5c([2H])c([2H])c([2H])c([2H])c5c(-c5c([2H])c([2H])c(-c6c([2H])c([2H])c([2H])c7c([2H])c([2H])c([2H])c([2H])c67)c([2H])c5[2H])c5c([2H])c([2H])c([2H])c([2H])c45)c([2H])c4c([2H])c([2H])c([2H])c([2H])c4c3c12. The second kappa shape index (κ2) is 22.8. The summed E-state index contributed by atoms with van der Waals surface area (Å²) in [7, 11) is 0. The molecule has 2 aromatic heterocycles. The first-order valence-electron chi connectivity index (χ1n) is 57.2. The second-order valence-corrected chi connectivity index (χ2v) is 23.7. The Hall–Kier alpha value is -12.0. The molecule has 21 rings (SSSR count). The summed E-state index contributed by atoms with van der Waals surface area (Å²) in [5.74, 6) is 0. The van der Waals surface area contributed by atoms with Crippen LogP contribution in [-0.2, 0) is 0 Å². The van der Waals surface area contributed by atoms with Crippen molar-refractivity contribution in [2.45, 2.75) is 0 Å². The van der Waals surface area contributed by atoms with Crippen molar-refractivity contribution in [3.05, 3.63) is 351 Å². The molecule has 0 amide bonds. The van der Waals surface area contributed by atoms with Gasteiger partial charge in [0.25, 0.3) is 0 Å². The van der Waals surface area contributed by atoms with Gasteiger partial charge in [-0.2, -0.15) is 0 Å². The summed E-state index contributed by atoms with van der Waals surface area (Å²) in [6, 6.07) is -45.7. The fourth-order valence-corrected chi connectivity index (χ4v) is 14.9. The van der Waals surface area contributed by atoms with Gasteiger partial charge in [0.2, 0.25) is 0 Å². The molecule has 0 saturated heterocycles. The fourth-order valence-electron chi connectivity index (χ4n) is 12.5. The summed E-state index contributed by atoms with van der Waals surface area (Å²) in [4.78, 5) is 0. The van der Waals surface area contributed by atoms with Crippen LogP contribution in [0.25, 0.3) is 204 Å². The molecular formula is C96H58S2. The van der Waals surface area contributed by atoms with E-state index in [2.05, 4.69) is 0 Å². The molecule has 0 aliphatic carbocycles. The molecule has 0 N–H and O–H groups in total. The van der Waals surface area contributed by atoms with Gasteiger partial charge in [-0.25, -0.2) is 0 Å². The van der Waals surface area contributed by atoms with Gasteiger partial charge in [-0.3, -0.25) is 0 Å². The predicted octanol–water partition coefficient (Wildman–Crippen LogP) is 28.5. The summed E-state index contributed by atoms with van der Waals surface area (Å²) in [6.45, 7) is 0. The van der Waals surface area contributed by atoms with Crippen LogP contribution in [0.1, 0.15) is 76.8 Å². The zero-order valence-electron chi connectivity index (χ0n) is 105. The Morgan fingerprint density at radius 2 is 0.500 bits per heavy atom. The van der Waals surface area contributed by atoms with E-state index in [1.165, 1.54) is 0 Å². The minimum absolute atomic E-state index is 0.0944. The molecule has 2 heterocycles. The molecular weight excluding hydrogens is 1220 g/mol. The molecule has 0 unspecified atom stereocenters. The molecule has 0 bridgehead atoms. The molecule has 98 heavy (non-hydrogen) atoms. The minimum atomic E-state index is -1.10. The quantitative estimate of drug-likeness (QED) is 0.146. The van der Waals surface area contributed by atoms with E-state index in [-0.39, 0.29) is 72.7 Å². The van der Waals surface area contributed by atoms with Crippen molar-refractivity contribution in [3.8, 4) is 66.8 Å². The van der Waals surface area contributed by atoms with Crippen LogP contribution < -0.4 is 0 Å². The van der Waals surface area contributed by atoms with Crippen LogP contribution >= 0.6 is 22.7 Å². The van der Waals surface area contributed by atoms with Crippen LogP contribution in [0.15, 0.2) is 351 Å². The maximum absolute atomic E-state index is 10.1. The van der Waals surface area contributed by atoms with Crippen LogP contribution in [0.2, 0.25) is 0 Å². The number of hydrogen-bond donors (Lipinski definition) is 0. The standard InChI is InChI=1S/C50H30S.C46H28S/c1-4-16-36-31(12-1)15-11-23-37(36)33-24-26-34(27-25-33)46-40-19-7-9-21-42(40)47(43-22-10-8-20-41(43)46)44-30-35-14-3-6-18-39(35)49-48-38-17-5-2-13-32(38)28-29-45(48)51-50(44)49;1-2-13-31(14-3-1)42-36-18-8-10-20-38(36)43(39-21-11-9-19-37(39)42)32-24-22-30(23-25-32)40-28-33-15-5-7-17-35(33)45-44-34-16-6-4-12-29(34)26-27-41(44)47-46(40)45/h1-30H;1-28H/i1D,2D,3D,4D,6D,7D,8D,9D,10D,11D,12D,13D,14D,15D,16D,17D,18D,19D,20D,21D,22D,23D,24D,25D,26D,27D,28D,29D,30D;1D,2D,3D,4D,5D,7D,8D,9D,10D,11D,12D,13D,14D,15D,16D,17D,18D,19D,20D,21D,22D,23D,24D,25D,26D,27D,28D. The van der Waals surface area contributed by atoms with E-state index in [0.29, 0.717) is 22.7 Å². The number of rotatable bonds is 6. The first-order chi connectivity index (χ1) is 71.9. The van der Waals surface area contributed by atoms with Crippen LogP contribution in [-0.4, -0.2) is 0 Å². The molecule has 21 aromatic rings. The van der Waals surface area contributed by atoms with Crippen molar-refractivity contribution in [1.29, 1.82) is 0 Å². The van der Waals surface area contributed by atoms with Crippen molar-refractivity contribution in [1.82, 2.24) is 0 Å². The van der Waals surface area contributed by atoms with E-state index >= 15 is 0 Å². The predicted molar refractivity (Wildman–Crippen MR) is 429 cm³/mol. The Morgan fingerprint density at radius 3 is 0.969 bits per heavy atom. The average molecular weight is 1330 g/mol. The Balaban J connectivity index is 0.000000186. The zero-order valence-corrected chi connectivity index (χ0v) is 50.6. The lowest BCUT2D eigenvalue weighted by atomic mass is 9.84. The monoisotopic (exact) mass is 1330 g/mol.